The normalized spacial score (nSPS) is 11.4. The molecule has 0 atom stereocenters. The van der Waals surface area contributed by atoms with Gasteiger partial charge in [0.25, 0.3) is 0 Å². The third kappa shape index (κ3) is 9.15. The molecule has 12 heavy (non-hydrogen) atoms. The van der Waals surface area contributed by atoms with Gasteiger partial charge in [-0.15, -0.1) is 0 Å². The maximum absolute atomic E-state index is 9.86. The summed E-state index contributed by atoms with van der Waals surface area (Å²) in [6, 6.07) is 0. The van der Waals surface area contributed by atoms with Gasteiger partial charge in [-0.2, -0.15) is 0 Å². The molecule has 0 rings (SSSR count). The molecule has 0 unspecified atom stereocenters. The molecule has 0 bridgehead atoms. The van der Waals surface area contributed by atoms with Gasteiger partial charge in [-0.05, 0) is 18.9 Å². The molecule has 0 saturated carbocycles. The van der Waals surface area contributed by atoms with Crippen molar-refractivity contribution in [3.05, 3.63) is 24.3 Å². The molecule has 0 radical (unpaired) electrons. The van der Waals surface area contributed by atoms with Crippen LogP contribution in [0.15, 0.2) is 24.3 Å². The molecule has 0 aliphatic rings. The van der Waals surface area contributed by atoms with Gasteiger partial charge >= 0.3 is 0 Å². The lowest BCUT2D eigenvalue weighted by Crippen LogP contribution is -1.73. The Morgan fingerprint density at radius 3 is 2.50 bits per heavy atom. The van der Waals surface area contributed by atoms with Gasteiger partial charge in [0.1, 0.15) is 6.29 Å². The van der Waals surface area contributed by atoms with Gasteiger partial charge in [-0.1, -0.05) is 44.4 Å². The van der Waals surface area contributed by atoms with Gasteiger partial charge in [0.15, 0.2) is 0 Å². The minimum atomic E-state index is 0.793. The predicted octanol–water partition coefficient (Wildman–Crippen LogP) is 3.27. The van der Waals surface area contributed by atoms with Crippen molar-refractivity contribution in [2.24, 2.45) is 0 Å². The van der Waals surface area contributed by atoms with Crippen LogP contribution in [0.5, 0.6) is 0 Å². The van der Waals surface area contributed by atoms with E-state index in [-0.39, 0.29) is 0 Å². The monoisotopic (exact) mass is 166 g/mol. The number of rotatable bonds is 7. The predicted molar refractivity (Wildman–Crippen MR) is 53.1 cm³/mol. The number of aldehydes is 1. The van der Waals surface area contributed by atoms with Crippen molar-refractivity contribution in [3.8, 4) is 0 Å². The molecule has 0 aliphatic carbocycles. The maximum atomic E-state index is 9.86. The van der Waals surface area contributed by atoms with E-state index in [0.29, 0.717) is 0 Å². The molecule has 1 heteroatoms. The van der Waals surface area contributed by atoms with Crippen LogP contribution in [-0.2, 0) is 4.79 Å². The quantitative estimate of drug-likeness (QED) is 0.245. The first-order valence-corrected chi connectivity index (χ1v) is 4.68. The first-order chi connectivity index (χ1) is 5.91. The largest absolute Gasteiger partial charge is 0.299 e. The second kappa shape index (κ2) is 10.2. The number of hydrogen-bond donors (Lipinski definition) is 0. The summed E-state index contributed by atoms with van der Waals surface area (Å²) in [5, 5.41) is 0. The Labute approximate surface area is 75.2 Å². The number of allylic oxidation sites excluding steroid dienone is 4. The Morgan fingerprint density at radius 2 is 1.83 bits per heavy atom. The molecule has 0 amide bonds. The molecule has 1 nitrogen and oxygen atoms in total. The molecule has 0 aliphatic heterocycles. The highest BCUT2D eigenvalue weighted by molar-refractivity contribution is 5.65. The fourth-order valence-corrected chi connectivity index (χ4v) is 0.973. The Morgan fingerprint density at radius 1 is 1.00 bits per heavy atom. The van der Waals surface area contributed by atoms with E-state index in [4.69, 9.17) is 0 Å². The molecule has 0 aromatic heterocycles. The summed E-state index contributed by atoms with van der Waals surface area (Å²) < 4.78 is 0. The van der Waals surface area contributed by atoms with Gasteiger partial charge in [-0.3, -0.25) is 4.79 Å². The highest BCUT2D eigenvalue weighted by Crippen LogP contribution is 2.02. The average Bonchev–Trinajstić information content (AvgIpc) is 2.10. The number of unbranched alkanes of at least 4 members (excludes halogenated alkanes) is 4. The molecular formula is C11H18O. The third-order valence-corrected chi connectivity index (χ3v) is 1.66. The maximum Gasteiger partial charge on any atom is 0.142 e. The summed E-state index contributed by atoms with van der Waals surface area (Å²) >= 11 is 0. The second-order valence-corrected chi connectivity index (χ2v) is 2.80. The zero-order valence-electron chi connectivity index (χ0n) is 7.83. The summed E-state index contributed by atoms with van der Waals surface area (Å²) in [6.07, 6.45) is 14.4. The molecule has 0 fully saturated rings. The van der Waals surface area contributed by atoms with Crippen molar-refractivity contribution >= 4 is 6.29 Å². The van der Waals surface area contributed by atoms with E-state index in [2.05, 4.69) is 13.0 Å². The molecule has 0 heterocycles. The van der Waals surface area contributed by atoms with Gasteiger partial charge in [-0.25, -0.2) is 0 Å². The highest BCUT2D eigenvalue weighted by Gasteiger charge is 1.82. The van der Waals surface area contributed by atoms with Gasteiger partial charge in [0.2, 0.25) is 0 Å². The zero-order valence-corrected chi connectivity index (χ0v) is 7.83. The van der Waals surface area contributed by atoms with Crippen molar-refractivity contribution in [1.82, 2.24) is 0 Å². The van der Waals surface area contributed by atoms with Crippen LogP contribution in [0.4, 0.5) is 0 Å². The standard InChI is InChI=1S/C11H18O/c1-2-3-4-5-6-7-8-9-10-11-12/h7-11H,2-6H2,1H3/b8-7-,10-9-. The van der Waals surface area contributed by atoms with Gasteiger partial charge in [0.05, 0.1) is 0 Å². The van der Waals surface area contributed by atoms with E-state index in [1.165, 1.54) is 31.8 Å². The van der Waals surface area contributed by atoms with Crippen LogP contribution in [0.25, 0.3) is 0 Å². The van der Waals surface area contributed by atoms with Crippen molar-refractivity contribution in [1.29, 1.82) is 0 Å². The number of hydrogen-bond acceptors (Lipinski definition) is 1. The Hall–Kier alpha value is -0.850. The fourth-order valence-electron chi connectivity index (χ4n) is 0.973. The first-order valence-electron chi connectivity index (χ1n) is 4.68. The fraction of sp³-hybridized carbons (Fsp3) is 0.545. The average molecular weight is 166 g/mol. The van der Waals surface area contributed by atoms with Crippen molar-refractivity contribution in [2.75, 3.05) is 0 Å². The summed E-state index contributed by atoms with van der Waals surface area (Å²) in [5.41, 5.74) is 0. The number of carbonyl (C=O) groups excluding carboxylic acids is 1. The van der Waals surface area contributed by atoms with E-state index >= 15 is 0 Å². The lowest BCUT2D eigenvalue weighted by molar-refractivity contribution is -0.104. The zero-order chi connectivity index (χ0) is 9.07. The lowest BCUT2D eigenvalue weighted by atomic mass is 10.1. The third-order valence-electron chi connectivity index (χ3n) is 1.66. The van der Waals surface area contributed by atoms with E-state index < -0.39 is 0 Å². The molecule has 68 valence electrons. The van der Waals surface area contributed by atoms with Crippen molar-refractivity contribution in [2.45, 2.75) is 39.0 Å². The molecule has 0 aromatic rings. The van der Waals surface area contributed by atoms with Gasteiger partial charge in [0, 0.05) is 0 Å². The van der Waals surface area contributed by atoms with E-state index in [0.717, 1.165) is 12.7 Å². The van der Waals surface area contributed by atoms with Crippen LogP contribution in [0.1, 0.15) is 39.0 Å². The molecular weight excluding hydrogens is 148 g/mol. The van der Waals surface area contributed by atoms with Gasteiger partial charge < -0.3 is 0 Å². The molecule has 0 N–H and O–H groups in total. The molecule has 0 saturated heterocycles. The summed E-state index contributed by atoms with van der Waals surface area (Å²) in [4.78, 5) is 9.86. The summed E-state index contributed by atoms with van der Waals surface area (Å²) in [7, 11) is 0. The molecule has 0 aromatic carbocycles. The summed E-state index contributed by atoms with van der Waals surface area (Å²) in [6.45, 7) is 2.21. The van der Waals surface area contributed by atoms with Crippen LogP contribution in [-0.4, -0.2) is 6.29 Å². The Balaban J connectivity index is 3.13. The van der Waals surface area contributed by atoms with Crippen LogP contribution in [0.3, 0.4) is 0 Å². The van der Waals surface area contributed by atoms with Crippen molar-refractivity contribution < 1.29 is 4.79 Å². The topological polar surface area (TPSA) is 17.1 Å². The van der Waals surface area contributed by atoms with E-state index in [1.54, 1.807) is 6.08 Å². The van der Waals surface area contributed by atoms with Crippen LogP contribution in [0.2, 0.25) is 0 Å². The smallest absolute Gasteiger partial charge is 0.142 e. The minimum absolute atomic E-state index is 0.793. The summed E-state index contributed by atoms with van der Waals surface area (Å²) in [5.74, 6) is 0. The number of carbonyl (C=O) groups is 1. The van der Waals surface area contributed by atoms with E-state index in [9.17, 15) is 4.79 Å². The minimum Gasteiger partial charge on any atom is -0.299 e. The van der Waals surface area contributed by atoms with Crippen LogP contribution < -0.4 is 0 Å². The Kier molecular flexibility index (Phi) is 9.43. The highest BCUT2D eigenvalue weighted by atomic mass is 16.1. The first kappa shape index (κ1) is 11.2. The molecule has 0 spiro atoms. The SMILES string of the molecule is CCCCCC/C=C\C=C/C=O. The van der Waals surface area contributed by atoms with Crippen LogP contribution in [0, 0.1) is 0 Å². The van der Waals surface area contributed by atoms with Crippen LogP contribution >= 0.6 is 0 Å². The van der Waals surface area contributed by atoms with Crippen molar-refractivity contribution in [3.63, 3.8) is 0 Å². The van der Waals surface area contributed by atoms with E-state index in [1.807, 2.05) is 6.08 Å². The lowest BCUT2D eigenvalue weighted by Gasteiger charge is -1.92. The Bertz CT molecular complexity index is 145. The second-order valence-electron chi connectivity index (χ2n) is 2.80.